The number of para-hydroxylation sites is 1. The molecule has 0 aliphatic carbocycles. The van der Waals surface area contributed by atoms with Gasteiger partial charge in [-0.25, -0.2) is 0 Å². The second kappa shape index (κ2) is 8.15. The minimum Gasteiger partial charge on any atom is -0.370 e. The Kier molecular flexibility index (Phi) is 5.70. The van der Waals surface area contributed by atoms with Crippen molar-refractivity contribution in [2.45, 2.75) is 12.7 Å². The summed E-state index contributed by atoms with van der Waals surface area (Å²) in [5, 5.41) is 4.15. The molecule has 0 aliphatic heterocycles. The summed E-state index contributed by atoms with van der Waals surface area (Å²) in [4.78, 5) is 0. The van der Waals surface area contributed by atoms with Gasteiger partial charge in [-0.1, -0.05) is 66.7 Å². The summed E-state index contributed by atoms with van der Waals surface area (Å²) in [5.41, 5.74) is 1.85. The molecule has 1 N–H and O–H groups in total. The van der Waals surface area contributed by atoms with E-state index < -0.39 is 13.2 Å². The van der Waals surface area contributed by atoms with E-state index in [9.17, 15) is 4.57 Å². The van der Waals surface area contributed by atoms with Crippen LogP contribution in [-0.4, -0.2) is 6.61 Å². The number of hydrogen-bond acceptors (Lipinski definition) is 3. The number of benzene rings is 3. The Morgan fingerprint density at radius 3 is 1.92 bits per heavy atom. The quantitative estimate of drug-likeness (QED) is 0.576. The Morgan fingerprint density at radius 2 is 1.36 bits per heavy atom. The summed E-state index contributed by atoms with van der Waals surface area (Å²) in [6.07, 6.45) is 0. The van der Waals surface area contributed by atoms with Gasteiger partial charge in [-0.2, -0.15) is 0 Å². The minimum atomic E-state index is -3.18. The molecule has 25 heavy (non-hydrogen) atoms. The van der Waals surface area contributed by atoms with E-state index in [0.29, 0.717) is 11.9 Å². The highest BCUT2D eigenvalue weighted by molar-refractivity contribution is 7.67. The Morgan fingerprint density at radius 1 is 0.840 bits per heavy atom. The van der Waals surface area contributed by atoms with Crippen LogP contribution in [0.3, 0.4) is 0 Å². The van der Waals surface area contributed by atoms with Gasteiger partial charge in [0.25, 0.3) is 7.37 Å². The minimum absolute atomic E-state index is 0.381. The van der Waals surface area contributed by atoms with Gasteiger partial charge in [-0.3, -0.25) is 4.57 Å². The molecule has 0 spiro atoms. The average Bonchev–Trinajstić information content (AvgIpc) is 2.68. The lowest BCUT2D eigenvalue weighted by molar-refractivity contribution is 0.335. The van der Waals surface area contributed by atoms with E-state index in [1.165, 1.54) is 0 Å². The molecule has 0 unspecified atom stereocenters. The molecule has 4 heteroatoms. The molecule has 2 atom stereocenters. The van der Waals surface area contributed by atoms with Gasteiger partial charge in [-0.05, 0) is 36.8 Å². The van der Waals surface area contributed by atoms with E-state index in [1.807, 2.05) is 97.9 Å². The molecule has 0 aliphatic rings. The van der Waals surface area contributed by atoms with E-state index in [4.69, 9.17) is 4.52 Å². The summed E-state index contributed by atoms with van der Waals surface area (Å²) in [7, 11) is -3.18. The van der Waals surface area contributed by atoms with E-state index in [-0.39, 0.29) is 0 Å². The molecule has 3 nitrogen and oxygen atoms in total. The molecule has 0 radical (unpaired) electrons. The lowest BCUT2D eigenvalue weighted by Crippen LogP contribution is -2.20. The molecule has 128 valence electrons. The standard InChI is InChI=1S/C21H22NO2P/c1-2-24-25(23,20-16-10-5-11-17-20)21(18-12-6-3-7-13-18)22-19-14-8-4-9-15-19/h3-17,21-22H,2H2,1H3/t21-,25+/m1/s1. The van der Waals surface area contributed by atoms with E-state index in [2.05, 4.69) is 5.32 Å². The maximum absolute atomic E-state index is 14.0. The molecule has 0 fully saturated rings. The van der Waals surface area contributed by atoms with Gasteiger partial charge >= 0.3 is 0 Å². The van der Waals surface area contributed by atoms with Crippen molar-refractivity contribution in [3.05, 3.63) is 96.6 Å². The van der Waals surface area contributed by atoms with Crippen molar-refractivity contribution >= 4 is 18.4 Å². The van der Waals surface area contributed by atoms with Gasteiger partial charge in [0, 0.05) is 11.0 Å². The highest BCUT2D eigenvalue weighted by Gasteiger charge is 2.37. The first kappa shape index (κ1) is 17.5. The van der Waals surface area contributed by atoms with Gasteiger partial charge in [0.05, 0.1) is 6.61 Å². The topological polar surface area (TPSA) is 38.3 Å². The van der Waals surface area contributed by atoms with Crippen molar-refractivity contribution in [3.63, 3.8) is 0 Å². The monoisotopic (exact) mass is 351 g/mol. The molecule has 0 saturated carbocycles. The van der Waals surface area contributed by atoms with Gasteiger partial charge in [0.15, 0.2) is 0 Å². The van der Waals surface area contributed by atoms with Crippen molar-refractivity contribution in [1.82, 2.24) is 0 Å². The molecule has 0 heterocycles. The Hall–Kier alpha value is -2.35. The fraction of sp³-hybridized carbons (Fsp3) is 0.143. The predicted molar refractivity (Wildman–Crippen MR) is 105 cm³/mol. The van der Waals surface area contributed by atoms with Gasteiger partial charge < -0.3 is 9.84 Å². The molecule has 3 aromatic rings. The highest BCUT2D eigenvalue weighted by atomic mass is 31.2. The van der Waals surface area contributed by atoms with E-state index >= 15 is 0 Å². The largest absolute Gasteiger partial charge is 0.370 e. The van der Waals surface area contributed by atoms with E-state index in [1.54, 1.807) is 0 Å². The van der Waals surface area contributed by atoms with Crippen LogP contribution in [0, 0.1) is 0 Å². The number of anilines is 1. The lowest BCUT2D eigenvalue weighted by atomic mass is 10.2. The van der Waals surface area contributed by atoms with Gasteiger partial charge in [0.2, 0.25) is 0 Å². The Bertz CT molecular complexity index is 822. The average molecular weight is 351 g/mol. The van der Waals surface area contributed by atoms with Crippen molar-refractivity contribution in [2.75, 3.05) is 11.9 Å². The van der Waals surface area contributed by atoms with Crippen LogP contribution in [0.4, 0.5) is 5.69 Å². The molecule has 0 saturated heterocycles. The third-order valence-corrected chi connectivity index (χ3v) is 6.74. The van der Waals surface area contributed by atoms with Crippen LogP contribution < -0.4 is 10.6 Å². The fourth-order valence-electron chi connectivity index (χ4n) is 2.82. The fourth-order valence-corrected chi connectivity index (χ4v) is 5.27. The second-order valence-corrected chi connectivity index (χ2v) is 8.16. The SMILES string of the molecule is CCO[P@@](=O)(c1ccccc1)[C@@H](Nc1ccccc1)c1ccccc1. The summed E-state index contributed by atoms with van der Waals surface area (Å²) < 4.78 is 19.9. The van der Waals surface area contributed by atoms with Crippen molar-refractivity contribution in [3.8, 4) is 0 Å². The second-order valence-electron chi connectivity index (χ2n) is 5.67. The molecule has 0 bridgehead atoms. The maximum Gasteiger partial charge on any atom is 0.258 e. The number of hydrogen-bond donors (Lipinski definition) is 1. The van der Waals surface area contributed by atoms with Gasteiger partial charge in [-0.15, -0.1) is 0 Å². The van der Waals surface area contributed by atoms with Crippen LogP contribution in [0.25, 0.3) is 0 Å². The smallest absolute Gasteiger partial charge is 0.258 e. The van der Waals surface area contributed by atoms with Crippen LogP contribution in [0.15, 0.2) is 91.0 Å². The Labute approximate surface area is 149 Å². The van der Waals surface area contributed by atoms with Crippen LogP contribution in [0.2, 0.25) is 0 Å². The van der Waals surface area contributed by atoms with Crippen molar-refractivity contribution < 1.29 is 9.09 Å². The maximum atomic E-state index is 14.0. The molecule has 3 rings (SSSR count). The van der Waals surface area contributed by atoms with Crippen molar-refractivity contribution in [1.29, 1.82) is 0 Å². The Balaban J connectivity index is 2.09. The first-order chi connectivity index (χ1) is 12.2. The molecule has 0 aromatic heterocycles. The first-order valence-corrected chi connectivity index (χ1v) is 10.1. The highest BCUT2D eigenvalue weighted by Crippen LogP contribution is 2.58. The zero-order valence-electron chi connectivity index (χ0n) is 14.2. The summed E-state index contributed by atoms with van der Waals surface area (Å²) in [6, 6.07) is 29.1. The van der Waals surface area contributed by atoms with Crippen LogP contribution >= 0.6 is 7.37 Å². The van der Waals surface area contributed by atoms with Crippen LogP contribution in [-0.2, 0) is 9.09 Å². The normalized spacial score (nSPS) is 14.4. The third-order valence-electron chi connectivity index (χ3n) is 3.97. The van der Waals surface area contributed by atoms with Crippen molar-refractivity contribution in [2.24, 2.45) is 0 Å². The molecule has 0 amide bonds. The van der Waals surface area contributed by atoms with Crippen LogP contribution in [0.5, 0.6) is 0 Å². The van der Waals surface area contributed by atoms with E-state index in [0.717, 1.165) is 11.3 Å². The summed E-state index contributed by atoms with van der Waals surface area (Å²) in [6.45, 7) is 2.26. The predicted octanol–water partition coefficient (Wildman–Crippen LogP) is 5.44. The van der Waals surface area contributed by atoms with Gasteiger partial charge in [0.1, 0.15) is 5.78 Å². The number of nitrogens with one attached hydrogen (secondary N) is 1. The first-order valence-electron chi connectivity index (χ1n) is 8.40. The zero-order chi connectivity index (χ0) is 17.5. The third kappa shape index (κ3) is 4.01. The molecular formula is C21H22NO2P. The molecule has 3 aromatic carbocycles. The molecular weight excluding hydrogens is 329 g/mol. The number of rotatable bonds is 7. The lowest BCUT2D eigenvalue weighted by Gasteiger charge is -2.29. The summed E-state index contributed by atoms with van der Waals surface area (Å²) >= 11 is 0. The van der Waals surface area contributed by atoms with Crippen LogP contribution in [0.1, 0.15) is 18.3 Å². The summed E-state index contributed by atoms with van der Waals surface area (Å²) in [5.74, 6) is -0.460. The zero-order valence-corrected chi connectivity index (χ0v) is 15.1.